The molecule has 1 N–H and O–H groups in total. The fourth-order valence-electron chi connectivity index (χ4n) is 2.06. The Bertz CT molecular complexity index is 415. The molecule has 0 spiro atoms. The molecule has 0 saturated carbocycles. The third-order valence-corrected chi connectivity index (χ3v) is 4.28. The van der Waals surface area contributed by atoms with Crippen LogP contribution in [0.25, 0.3) is 0 Å². The van der Waals surface area contributed by atoms with Crippen molar-refractivity contribution in [3.8, 4) is 0 Å². The maximum atomic E-state index is 12.2. The Hall–Kier alpha value is -0.350. The van der Waals surface area contributed by atoms with Gasteiger partial charge in [0, 0.05) is 16.3 Å². The van der Waals surface area contributed by atoms with Crippen LogP contribution in [-0.4, -0.2) is 17.8 Å². The first-order valence-electron chi connectivity index (χ1n) is 6.68. The lowest BCUT2D eigenvalue weighted by atomic mass is 10.0. The molecule has 0 bridgehead atoms. The van der Waals surface area contributed by atoms with Gasteiger partial charge in [-0.3, -0.25) is 4.79 Å². The van der Waals surface area contributed by atoms with Crippen LogP contribution in [0.5, 0.6) is 0 Å². The summed E-state index contributed by atoms with van der Waals surface area (Å²) in [6, 6.07) is 5.83. The number of hydrogen-bond donors (Lipinski definition) is 1. The van der Waals surface area contributed by atoms with Crippen LogP contribution in [-0.2, 0) is 0 Å². The molecule has 0 aliphatic heterocycles. The largest absolute Gasteiger partial charge is 0.352 e. The second-order valence-corrected chi connectivity index (χ2v) is 6.47. The summed E-state index contributed by atoms with van der Waals surface area (Å²) in [6.07, 6.45) is 3.41. The van der Waals surface area contributed by atoms with Crippen LogP contribution in [0, 0.1) is 12.8 Å². The van der Waals surface area contributed by atoms with Crippen LogP contribution in [0.1, 0.15) is 42.1 Å². The van der Waals surface area contributed by atoms with Gasteiger partial charge in [0.1, 0.15) is 0 Å². The molecule has 106 valence electrons. The Morgan fingerprint density at radius 2 is 2.11 bits per heavy atom. The molecule has 0 radical (unpaired) electrons. The van der Waals surface area contributed by atoms with Crippen LogP contribution in [0.4, 0.5) is 0 Å². The van der Waals surface area contributed by atoms with E-state index < -0.39 is 0 Å². The minimum absolute atomic E-state index is 0.00579. The molecule has 0 saturated heterocycles. The molecule has 0 aliphatic rings. The zero-order valence-electron chi connectivity index (χ0n) is 11.5. The minimum atomic E-state index is 0.00579. The molecule has 0 aromatic heterocycles. The zero-order valence-corrected chi connectivity index (χ0v) is 14.7. The van der Waals surface area contributed by atoms with Crippen LogP contribution < -0.4 is 5.32 Å². The van der Waals surface area contributed by atoms with E-state index in [1.54, 1.807) is 0 Å². The third-order valence-electron chi connectivity index (χ3n) is 3.13. The van der Waals surface area contributed by atoms with Gasteiger partial charge in [-0.2, -0.15) is 0 Å². The van der Waals surface area contributed by atoms with Crippen LogP contribution >= 0.6 is 31.9 Å². The molecule has 19 heavy (non-hydrogen) atoms. The molecule has 0 fully saturated rings. The smallest absolute Gasteiger partial charge is 0.252 e. The molecule has 2 nitrogen and oxygen atoms in total. The molecule has 0 heterocycles. The average Bonchev–Trinajstić information content (AvgIpc) is 2.39. The van der Waals surface area contributed by atoms with Crippen molar-refractivity contribution in [2.45, 2.75) is 33.1 Å². The van der Waals surface area contributed by atoms with Crippen LogP contribution in [0.3, 0.4) is 0 Å². The van der Waals surface area contributed by atoms with Gasteiger partial charge in [-0.05, 0) is 53.7 Å². The van der Waals surface area contributed by atoms with Crippen molar-refractivity contribution in [3.05, 3.63) is 33.8 Å². The quantitative estimate of drug-likeness (QED) is 0.672. The molecule has 1 unspecified atom stereocenters. The van der Waals surface area contributed by atoms with Gasteiger partial charge in [-0.25, -0.2) is 0 Å². The number of hydrogen-bond acceptors (Lipinski definition) is 1. The summed E-state index contributed by atoms with van der Waals surface area (Å²) in [7, 11) is 0. The van der Waals surface area contributed by atoms with E-state index in [1.165, 1.54) is 0 Å². The van der Waals surface area contributed by atoms with Gasteiger partial charge in [-0.1, -0.05) is 40.9 Å². The molecule has 1 atom stereocenters. The second kappa shape index (κ2) is 8.75. The van der Waals surface area contributed by atoms with Crippen molar-refractivity contribution in [1.82, 2.24) is 5.32 Å². The molecule has 1 rings (SSSR count). The Balaban J connectivity index is 2.61. The van der Waals surface area contributed by atoms with Gasteiger partial charge >= 0.3 is 0 Å². The van der Waals surface area contributed by atoms with E-state index in [-0.39, 0.29) is 5.91 Å². The maximum absolute atomic E-state index is 12.2. The van der Waals surface area contributed by atoms with Gasteiger partial charge in [0.05, 0.1) is 5.56 Å². The van der Waals surface area contributed by atoms with E-state index in [4.69, 9.17) is 0 Å². The summed E-state index contributed by atoms with van der Waals surface area (Å²) in [4.78, 5) is 12.2. The number of halogens is 2. The first-order valence-corrected chi connectivity index (χ1v) is 8.60. The van der Waals surface area contributed by atoms with Gasteiger partial charge in [0.15, 0.2) is 0 Å². The Morgan fingerprint density at radius 1 is 1.37 bits per heavy atom. The maximum Gasteiger partial charge on any atom is 0.252 e. The normalized spacial score (nSPS) is 12.2. The highest BCUT2D eigenvalue weighted by atomic mass is 79.9. The zero-order chi connectivity index (χ0) is 14.3. The first kappa shape index (κ1) is 16.7. The number of nitrogens with one attached hydrogen (secondary N) is 1. The van der Waals surface area contributed by atoms with Crippen molar-refractivity contribution >= 4 is 37.8 Å². The van der Waals surface area contributed by atoms with Crippen LogP contribution in [0.15, 0.2) is 22.7 Å². The summed E-state index contributed by atoms with van der Waals surface area (Å²) in [5, 5.41) is 4.03. The van der Waals surface area contributed by atoms with E-state index in [2.05, 4.69) is 44.1 Å². The molecular weight excluding hydrogens is 370 g/mol. The van der Waals surface area contributed by atoms with E-state index in [0.717, 1.165) is 41.2 Å². The Kier molecular flexibility index (Phi) is 7.69. The molecule has 1 aromatic rings. The molecule has 4 heteroatoms. The monoisotopic (exact) mass is 389 g/mol. The van der Waals surface area contributed by atoms with Crippen LogP contribution in [0.2, 0.25) is 0 Å². The van der Waals surface area contributed by atoms with E-state index in [9.17, 15) is 4.79 Å². The highest BCUT2D eigenvalue weighted by molar-refractivity contribution is 9.10. The standard InChI is InChI=1S/C15H21Br2NO/c1-3-4-12(7-8-16)10-18-15(19)13-9-11(2)5-6-14(13)17/h5-6,9,12H,3-4,7-8,10H2,1-2H3,(H,18,19). The summed E-state index contributed by atoms with van der Waals surface area (Å²) in [6.45, 7) is 4.92. The lowest BCUT2D eigenvalue weighted by Crippen LogP contribution is -2.29. The molecular formula is C15H21Br2NO. The Morgan fingerprint density at radius 3 is 2.74 bits per heavy atom. The minimum Gasteiger partial charge on any atom is -0.352 e. The van der Waals surface area contributed by atoms with Gasteiger partial charge in [0.25, 0.3) is 5.91 Å². The lowest BCUT2D eigenvalue weighted by molar-refractivity contribution is 0.0945. The summed E-state index contributed by atoms with van der Waals surface area (Å²) in [5.41, 5.74) is 1.81. The third kappa shape index (κ3) is 5.65. The molecule has 0 aliphatic carbocycles. The molecule has 1 aromatic carbocycles. The fourth-order valence-corrected chi connectivity index (χ4v) is 3.13. The number of carbonyl (C=O) groups excluding carboxylic acids is 1. The van der Waals surface area contributed by atoms with Gasteiger partial charge in [-0.15, -0.1) is 0 Å². The van der Waals surface area contributed by atoms with Crippen molar-refractivity contribution < 1.29 is 4.79 Å². The van der Waals surface area contributed by atoms with Gasteiger partial charge < -0.3 is 5.32 Å². The molecule has 1 amide bonds. The predicted molar refractivity (Wildman–Crippen MR) is 88.0 cm³/mol. The number of aryl methyl sites for hydroxylation is 1. The van der Waals surface area contributed by atoms with E-state index in [0.29, 0.717) is 11.5 Å². The number of rotatable bonds is 7. The van der Waals surface area contributed by atoms with Crippen molar-refractivity contribution in [3.63, 3.8) is 0 Å². The Labute approximate surface area is 132 Å². The first-order chi connectivity index (χ1) is 9.08. The summed E-state index contributed by atoms with van der Waals surface area (Å²) < 4.78 is 0.850. The number of alkyl halides is 1. The topological polar surface area (TPSA) is 29.1 Å². The van der Waals surface area contributed by atoms with E-state index >= 15 is 0 Å². The second-order valence-electron chi connectivity index (χ2n) is 4.83. The summed E-state index contributed by atoms with van der Waals surface area (Å²) >= 11 is 6.90. The number of benzene rings is 1. The predicted octanol–water partition coefficient (Wildman–Crippen LogP) is 4.69. The fraction of sp³-hybridized carbons (Fsp3) is 0.533. The van der Waals surface area contributed by atoms with Crippen molar-refractivity contribution in [2.75, 3.05) is 11.9 Å². The highest BCUT2D eigenvalue weighted by Crippen LogP contribution is 2.18. The average molecular weight is 391 g/mol. The SMILES string of the molecule is CCCC(CCBr)CNC(=O)c1cc(C)ccc1Br. The lowest BCUT2D eigenvalue weighted by Gasteiger charge is -2.16. The van der Waals surface area contributed by atoms with Crippen molar-refractivity contribution in [1.29, 1.82) is 0 Å². The summed E-state index contributed by atoms with van der Waals surface area (Å²) in [5.74, 6) is 0.558. The highest BCUT2D eigenvalue weighted by Gasteiger charge is 2.13. The van der Waals surface area contributed by atoms with E-state index in [1.807, 2.05) is 25.1 Å². The number of amides is 1. The van der Waals surface area contributed by atoms with Gasteiger partial charge in [0.2, 0.25) is 0 Å². The van der Waals surface area contributed by atoms with Crippen molar-refractivity contribution in [2.24, 2.45) is 5.92 Å². The number of carbonyl (C=O) groups is 1.